The minimum Gasteiger partial charge on any atom is -0.497 e. The quantitative estimate of drug-likeness (QED) is 0.357. The number of nitrogens with zero attached hydrogens (tertiary/aromatic N) is 1. The number of hydrogen-bond donors (Lipinski definition) is 2. The highest BCUT2D eigenvalue weighted by Crippen LogP contribution is 2.22. The van der Waals surface area contributed by atoms with Crippen molar-refractivity contribution in [2.24, 2.45) is 0 Å². The third kappa shape index (κ3) is 5.07. The highest BCUT2D eigenvalue weighted by Gasteiger charge is 2.18. The van der Waals surface area contributed by atoms with E-state index in [0.717, 1.165) is 27.6 Å². The number of carbonyl (C=O) groups excluding carboxylic acids is 1. The zero-order chi connectivity index (χ0) is 24.2. The molecule has 0 aliphatic heterocycles. The van der Waals surface area contributed by atoms with Crippen molar-refractivity contribution in [1.29, 1.82) is 0 Å². The second-order valence-electron chi connectivity index (χ2n) is 8.20. The van der Waals surface area contributed by atoms with E-state index in [9.17, 15) is 9.59 Å². The molecule has 1 heterocycles. The molecular formula is C27H26ClN3O3. The molecule has 3 aromatic carbocycles. The Hall–Kier alpha value is -3.77. The van der Waals surface area contributed by atoms with Gasteiger partial charge in [-0.2, -0.15) is 0 Å². The summed E-state index contributed by atoms with van der Waals surface area (Å²) in [6.07, 6.45) is 0. The number of H-pyrrole nitrogens is 1. The van der Waals surface area contributed by atoms with E-state index in [2.05, 4.69) is 10.3 Å². The summed E-state index contributed by atoms with van der Waals surface area (Å²) in [5.41, 5.74) is 4.64. The number of benzene rings is 3. The summed E-state index contributed by atoms with van der Waals surface area (Å²) in [4.78, 5) is 30.8. The van der Waals surface area contributed by atoms with Crippen LogP contribution in [0.25, 0.3) is 10.9 Å². The lowest BCUT2D eigenvalue weighted by Crippen LogP contribution is -2.35. The lowest BCUT2D eigenvalue weighted by atomic mass is 10.0. The molecular weight excluding hydrogens is 450 g/mol. The number of fused-ring (bicyclic) bond motifs is 1. The number of halogens is 1. The van der Waals surface area contributed by atoms with E-state index in [0.29, 0.717) is 22.0 Å². The molecule has 0 aliphatic carbocycles. The molecule has 0 aliphatic rings. The molecule has 0 fully saturated rings. The van der Waals surface area contributed by atoms with Gasteiger partial charge in [0.2, 0.25) is 0 Å². The lowest BCUT2D eigenvalue weighted by Gasteiger charge is -2.24. The highest BCUT2D eigenvalue weighted by atomic mass is 35.5. The van der Waals surface area contributed by atoms with Crippen LogP contribution in [-0.2, 0) is 13.1 Å². The third-order valence-corrected chi connectivity index (χ3v) is 6.31. The number of urea groups is 1. The van der Waals surface area contributed by atoms with Crippen LogP contribution in [0.4, 0.5) is 10.5 Å². The van der Waals surface area contributed by atoms with Crippen molar-refractivity contribution in [2.75, 3.05) is 12.4 Å². The first kappa shape index (κ1) is 23.4. The van der Waals surface area contributed by atoms with E-state index in [-0.39, 0.29) is 24.7 Å². The average Bonchev–Trinajstić information content (AvgIpc) is 2.83. The monoisotopic (exact) mass is 475 g/mol. The number of anilines is 1. The van der Waals surface area contributed by atoms with Crippen LogP contribution in [0.15, 0.2) is 71.5 Å². The van der Waals surface area contributed by atoms with Crippen LogP contribution < -0.4 is 15.6 Å². The maximum Gasteiger partial charge on any atom is 0.322 e. The van der Waals surface area contributed by atoms with Crippen LogP contribution >= 0.6 is 11.6 Å². The maximum absolute atomic E-state index is 13.3. The van der Waals surface area contributed by atoms with Crippen molar-refractivity contribution in [3.63, 3.8) is 0 Å². The van der Waals surface area contributed by atoms with Gasteiger partial charge in [-0.3, -0.25) is 4.79 Å². The number of carbonyl (C=O) groups is 1. The van der Waals surface area contributed by atoms with Crippen molar-refractivity contribution in [3.8, 4) is 5.75 Å². The molecule has 0 radical (unpaired) electrons. The van der Waals surface area contributed by atoms with E-state index >= 15 is 0 Å². The van der Waals surface area contributed by atoms with E-state index in [1.165, 1.54) is 0 Å². The number of hydrogen-bond acceptors (Lipinski definition) is 3. The van der Waals surface area contributed by atoms with Gasteiger partial charge in [-0.15, -0.1) is 0 Å². The summed E-state index contributed by atoms with van der Waals surface area (Å²) in [7, 11) is 1.59. The van der Waals surface area contributed by atoms with E-state index < -0.39 is 0 Å². The Morgan fingerprint density at radius 2 is 1.71 bits per heavy atom. The van der Waals surface area contributed by atoms with Crippen molar-refractivity contribution >= 4 is 34.2 Å². The standard InChI is InChI=1S/C27H26ClN3O3/c1-17-8-9-19-14-21(26(32)30-25(19)18(17)2)16-31(15-20-6-4-5-7-24(20)28)27(33)29-22-10-12-23(34-3)13-11-22/h4-14H,15-16H2,1-3H3,(H,29,33)(H,30,32). The Kier molecular flexibility index (Phi) is 6.89. The fourth-order valence-electron chi connectivity index (χ4n) is 3.80. The number of rotatable bonds is 6. The van der Waals surface area contributed by atoms with Gasteiger partial charge >= 0.3 is 6.03 Å². The number of aromatic nitrogens is 1. The Morgan fingerprint density at radius 1 is 1.00 bits per heavy atom. The number of ether oxygens (including phenoxy) is 1. The van der Waals surface area contributed by atoms with Gasteiger partial charge in [-0.25, -0.2) is 4.79 Å². The first-order chi connectivity index (χ1) is 16.4. The molecule has 34 heavy (non-hydrogen) atoms. The summed E-state index contributed by atoms with van der Waals surface area (Å²) >= 11 is 6.37. The molecule has 4 rings (SSSR count). The minimum absolute atomic E-state index is 0.116. The van der Waals surface area contributed by atoms with Gasteiger partial charge in [0.25, 0.3) is 5.56 Å². The fourth-order valence-corrected chi connectivity index (χ4v) is 4.00. The summed E-state index contributed by atoms with van der Waals surface area (Å²) in [5, 5.41) is 4.38. The summed E-state index contributed by atoms with van der Waals surface area (Å²) in [6, 6.07) is 19.9. The molecule has 6 nitrogen and oxygen atoms in total. The molecule has 7 heteroatoms. The number of nitrogens with one attached hydrogen (secondary N) is 2. The first-order valence-corrected chi connectivity index (χ1v) is 11.3. The smallest absolute Gasteiger partial charge is 0.322 e. The number of aryl methyl sites for hydroxylation is 2. The number of methoxy groups -OCH3 is 1. The molecule has 2 amide bonds. The normalized spacial score (nSPS) is 10.8. The van der Waals surface area contributed by atoms with Gasteiger partial charge in [0, 0.05) is 22.8 Å². The predicted molar refractivity (Wildman–Crippen MR) is 137 cm³/mol. The topological polar surface area (TPSA) is 74.4 Å². The van der Waals surface area contributed by atoms with E-state index in [1.807, 2.05) is 50.2 Å². The van der Waals surface area contributed by atoms with Crippen LogP contribution in [0, 0.1) is 13.8 Å². The Balaban J connectivity index is 1.66. The van der Waals surface area contributed by atoms with E-state index in [1.54, 1.807) is 42.3 Å². The third-order valence-electron chi connectivity index (χ3n) is 5.94. The predicted octanol–water partition coefficient (Wildman–Crippen LogP) is 6.04. The largest absolute Gasteiger partial charge is 0.497 e. The summed E-state index contributed by atoms with van der Waals surface area (Å²) in [6.45, 7) is 4.35. The molecule has 0 saturated heterocycles. The minimum atomic E-state index is -0.343. The molecule has 1 aromatic heterocycles. The van der Waals surface area contributed by atoms with Crippen LogP contribution in [0.3, 0.4) is 0 Å². The maximum atomic E-state index is 13.3. The van der Waals surface area contributed by atoms with Gasteiger partial charge in [0.15, 0.2) is 0 Å². The zero-order valence-corrected chi connectivity index (χ0v) is 20.1. The van der Waals surface area contributed by atoms with Gasteiger partial charge in [-0.05, 0) is 72.3 Å². The second kappa shape index (κ2) is 10.0. The lowest BCUT2D eigenvalue weighted by molar-refractivity contribution is 0.206. The van der Waals surface area contributed by atoms with Crippen LogP contribution in [0.2, 0.25) is 5.02 Å². The molecule has 0 spiro atoms. The van der Waals surface area contributed by atoms with Gasteiger partial charge < -0.3 is 19.9 Å². The van der Waals surface area contributed by atoms with Crippen molar-refractivity contribution in [1.82, 2.24) is 9.88 Å². The molecule has 174 valence electrons. The summed E-state index contributed by atoms with van der Waals surface area (Å²) in [5.74, 6) is 0.694. The average molecular weight is 476 g/mol. The van der Waals surface area contributed by atoms with Gasteiger partial charge in [0.05, 0.1) is 19.2 Å². The fraction of sp³-hybridized carbons (Fsp3) is 0.185. The molecule has 4 aromatic rings. The molecule has 0 atom stereocenters. The molecule has 0 bridgehead atoms. The summed E-state index contributed by atoms with van der Waals surface area (Å²) < 4.78 is 5.18. The number of aromatic amines is 1. The Labute approximate surface area is 203 Å². The molecule has 0 unspecified atom stereocenters. The number of pyridine rings is 1. The van der Waals surface area contributed by atoms with Crippen LogP contribution in [0.5, 0.6) is 5.75 Å². The Morgan fingerprint density at radius 3 is 2.41 bits per heavy atom. The van der Waals surface area contributed by atoms with Gasteiger partial charge in [-0.1, -0.05) is 41.9 Å². The second-order valence-corrected chi connectivity index (χ2v) is 8.61. The molecule has 2 N–H and O–H groups in total. The van der Waals surface area contributed by atoms with Crippen molar-refractivity contribution < 1.29 is 9.53 Å². The SMILES string of the molecule is COc1ccc(NC(=O)N(Cc2ccccc2Cl)Cc2cc3ccc(C)c(C)c3[nH]c2=O)cc1. The number of amides is 2. The zero-order valence-electron chi connectivity index (χ0n) is 19.3. The van der Waals surface area contributed by atoms with Crippen LogP contribution in [-0.4, -0.2) is 23.0 Å². The Bertz CT molecular complexity index is 1400. The van der Waals surface area contributed by atoms with Gasteiger partial charge in [0.1, 0.15) is 5.75 Å². The van der Waals surface area contributed by atoms with Crippen molar-refractivity contribution in [3.05, 3.63) is 104 Å². The van der Waals surface area contributed by atoms with Crippen molar-refractivity contribution in [2.45, 2.75) is 26.9 Å². The van der Waals surface area contributed by atoms with Crippen LogP contribution in [0.1, 0.15) is 22.3 Å². The van der Waals surface area contributed by atoms with E-state index in [4.69, 9.17) is 16.3 Å². The molecule has 0 saturated carbocycles. The highest BCUT2D eigenvalue weighted by molar-refractivity contribution is 6.31. The first-order valence-electron chi connectivity index (χ1n) is 10.9.